The summed E-state index contributed by atoms with van der Waals surface area (Å²) in [6, 6.07) is 1.35. The summed E-state index contributed by atoms with van der Waals surface area (Å²) in [5, 5.41) is 14.3. The number of aromatic nitrogens is 1. The number of piperidine rings is 1. The second-order valence-electron chi connectivity index (χ2n) is 4.70. The van der Waals surface area contributed by atoms with Crippen molar-refractivity contribution in [3.05, 3.63) is 24.3 Å². The van der Waals surface area contributed by atoms with Crippen LogP contribution in [0.5, 0.6) is 0 Å². The minimum Gasteiger partial charge on any atom is -0.342 e. The van der Waals surface area contributed by atoms with E-state index in [9.17, 15) is 4.39 Å². The lowest BCUT2D eigenvalue weighted by atomic mass is 9.79. The Morgan fingerprint density at radius 1 is 1.47 bits per heavy atom. The zero-order valence-corrected chi connectivity index (χ0v) is 9.89. The van der Waals surface area contributed by atoms with Crippen LogP contribution >= 0.6 is 0 Å². The molecule has 1 aromatic rings. The summed E-state index contributed by atoms with van der Waals surface area (Å²) in [5.41, 5.74) is 0.382. The normalized spacial score (nSPS) is 18.7. The molecule has 4 nitrogen and oxygen atoms in total. The molecule has 17 heavy (non-hydrogen) atoms. The minimum atomic E-state index is -0.390. The molecule has 92 valence electrons. The standard InChI is InChI=1S/C12H17FN4/c1-12(2-4-15-5-3-12)11(14)17-10-6-9(13)7-16-8-10/h6-8,15H,2-5H2,1H3,(H2,14,17). The van der Waals surface area contributed by atoms with Crippen molar-refractivity contribution in [3.63, 3.8) is 0 Å². The summed E-state index contributed by atoms with van der Waals surface area (Å²) in [6.45, 7) is 3.90. The van der Waals surface area contributed by atoms with Crippen LogP contribution in [0, 0.1) is 16.6 Å². The Balaban J connectivity index is 2.05. The number of hydrogen-bond donors (Lipinski definition) is 3. The van der Waals surface area contributed by atoms with Gasteiger partial charge in [0.05, 0.1) is 18.1 Å². The Hall–Kier alpha value is -1.49. The third kappa shape index (κ3) is 2.79. The molecule has 1 aliphatic heterocycles. The molecule has 2 rings (SSSR count). The highest BCUT2D eigenvalue weighted by atomic mass is 19.1. The van der Waals surface area contributed by atoms with Gasteiger partial charge in [0.2, 0.25) is 0 Å². The van der Waals surface area contributed by atoms with Gasteiger partial charge >= 0.3 is 0 Å². The quantitative estimate of drug-likeness (QED) is 0.543. The molecule has 0 radical (unpaired) electrons. The van der Waals surface area contributed by atoms with E-state index in [0.717, 1.165) is 32.1 Å². The van der Waals surface area contributed by atoms with Gasteiger partial charge in [-0.2, -0.15) is 0 Å². The van der Waals surface area contributed by atoms with E-state index in [1.165, 1.54) is 12.3 Å². The van der Waals surface area contributed by atoms with Gasteiger partial charge in [-0.05, 0) is 25.9 Å². The Bertz CT molecular complexity index is 413. The second-order valence-corrected chi connectivity index (χ2v) is 4.70. The maximum absolute atomic E-state index is 13.0. The lowest BCUT2D eigenvalue weighted by molar-refractivity contribution is 0.326. The molecule has 3 N–H and O–H groups in total. The van der Waals surface area contributed by atoms with Gasteiger partial charge in [-0.15, -0.1) is 0 Å². The molecule has 0 spiro atoms. The number of pyridine rings is 1. The van der Waals surface area contributed by atoms with Crippen LogP contribution in [0.2, 0.25) is 0 Å². The molecule has 1 saturated heterocycles. The maximum atomic E-state index is 13.0. The summed E-state index contributed by atoms with van der Waals surface area (Å²) >= 11 is 0. The van der Waals surface area contributed by atoms with Gasteiger partial charge in [0.15, 0.2) is 0 Å². The monoisotopic (exact) mass is 236 g/mol. The van der Waals surface area contributed by atoms with E-state index >= 15 is 0 Å². The van der Waals surface area contributed by atoms with Gasteiger partial charge in [0, 0.05) is 11.5 Å². The zero-order chi connectivity index (χ0) is 12.3. The van der Waals surface area contributed by atoms with Crippen LogP contribution in [0.4, 0.5) is 10.1 Å². The SMILES string of the molecule is CC1(C(=N)Nc2cncc(F)c2)CCNCC1. The molecule has 0 aliphatic carbocycles. The van der Waals surface area contributed by atoms with E-state index in [0.29, 0.717) is 11.5 Å². The molecule has 0 saturated carbocycles. The van der Waals surface area contributed by atoms with E-state index in [1.807, 2.05) is 0 Å². The molecule has 0 amide bonds. The lowest BCUT2D eigenvalue weighted by Crippen LogP contribution is -2.42. The predicted molar refractivity (Wildman–Crippen MR) is 65.8 cm³/mol. The fourth-order valence-corrected chi connectivity index (χ4v) is 2.00. The number of halogens is 1. The molecule has 5 heteroatoms. The molecule has 2 heterocycles. The Kier molecular flexibility index (Phi) is 3.38. The largest absolute Gasteiger partial charge is 0.342 e. The third-order valence-corrected chi connectivity index (χ3v) is 3.28. The molecule has 0 aromatic carbocycles. The molecule has 0 atom stereocenters. The van der Waals surface area contributed by atoms with E-state index in [-0.39, 0.29) is 5.41 Å². The fourth-order valence-electron chi connectivity index (χ4n) is 2.00. The summed E-state index contributed by atoms with van der Waals surface area (Å²) in [6.07, 6.45) is 4.52. The summed E-state index contributed by atoms with van der Waals surface area (Å²) in [4.78, 5) is 3.76. The van der Waals surface area contributed by atoms with E-state index < -0.39 is 5.82 Å². The molecule has 1 aromatic heterocycles. The average Bonchev–Trinajstić information content (AvgIpc) is 2.30. The number of rotatable bonds is 2. The first-order chi connectivity index (χ1) is 8.10. The number of nitrogens with one attached hydrogen (secondary N) is 3. The first kappa shape index (κ1) is 12.0. The van der Waals surface area contributed by atoms with Gasteiger partial charge < -0.3 is 10.6 Å². The maximum Gasteiger partial charge on any atom is 0.143 e. The van der Waals surface area contributed by atoms with Crippen LogP contribution in [0.1, 0.15) is 19.8 Å². The van der Waals surface area contributed by atoms with Crippen LogP contribution in [-0.4, -0.2) is 23.9 Å². The third-order valence-electron chi connectivity index (χ3n) is 3.28. The smallest absolute Gasteiger partial charge is 0.143 e. The van der Waals surface area contributed by atoms with Crippen LogP contribution in [0.3, 0.4) is 0 Å². The fraction of sp³-hybridized carbons (Fsp3) is 0.500. The number of hydrogen-bond acceptors (Lipinski definition) is 3. The summed E-state index contributed by atoms with van der Waals surface area (Å²) in [5.74, 6) is 0.0460. The topological polar surface area (TPSA) is 60.8 Å². The van der Waals surface area contributed by atoms with Crippen molar-refractivity contribution < 1.29 is 4.39 Å². The van der Waals surface area contributed by atoms with Crippen LogP contribution in [0.25, 0.3) is 0 Å². The molecule has 0 bridgehead atoms. The van der Waals surface area contributed by atoms with Crippen LogP contribution in [0.15, 0.2) is 18.5 Å². The van der Waals surface area contributed by atoms with Crippen molar-refractivity contribution in [2.24, 2.45) is 5.41 Å². The van der Waals surface area contributed by atoms with E-state index in [4.69, 9.17) is 5.41 Å². The van der Waals surface area contributed by atoms with Crippen molar-refractivity contribution in [1.29, 1.82) is 5.41 Å². The molecular weight excluding hydrogens is 219 g/mol. The minimum absolute atomic E-state index is 0.155. The average molecular weight is 236 g/mol. The second kappa shape index (κ2) is 4.79. The summed E-state index contributed by atoms with van der Waals surface area (Å²) in [7, 11) is 0. The van der Waals surface area contributed by atoms with E-state index in [2.05, 4.69) is 22.5 Å². The Labute approximate surface area is 100 Å². The van der Waals surface area contributed by atoms with Gasteiger partial charge in [-0.3, -0.25) is 10.4 Å². The van der Waals surface area contributed by atoms with Crippen molar-refractivity contribution in [1.82, 2.24) is 10.3 Å². The van der Waals surface area contributed by atoms with Gasteiger partial charge in [0.25, 0.3) is 0 Å². The van der Waals surface area contributed by atoms with Gasteiger partial charge in [-0.25, -0.2) is 4.39 Å². The number of anilines is 1. The molecule has 1 fully saturated rings. The van der Waals surface area contributed by atoms with Crippen LogP contribution < -0.4 is 10.6 Å². The van der Waals surface area contributed by atoms with Gasteiger partial charge in [-0.1, -0.05) is 6.92 Å². The van der Waals surface area contributed by atoms with Gasteiger partial charge in [0.1, 0.15) is 11.7 Å². The number of amidine groups is 1. The van der Waals surface area contributed by atoms with Crippen LogP contribution in [-0.2, 0) is 0 Å². The Morgan fingerprint density at radius 2 is 2.18 bits per heavy atom. The lowest BCUT2D eigenvalue weighted by Gasteiger charge is -2.34. The highest BCUT2D eigenvalue weighted by Gasteiger charge is 2.31. The van der Waals surface area contributed by atoms with Crippen molar-refractivity contribution in [2.75, 3.05) is 18.4 Å². The summed E-state index contributed by atoms with van der Waals surface area (Å²) < 4.78 is 13.0. The highest BCUT2D eigenvalue weighted by Crippen LogP contribution is 2.29. The predicted octanol–water partition coefficient (Wildman–Crippen LogP) is 2.00. The Morgan fingerprint density at radius 3 is 2.82 bits per heavy atom. The van der Waals surface area contributed by atoms with E-state index in [1.54, 1.807) is 0 Å². The first-order valence-electron chi connectivity index (χ1n) is 5.77. The zero-order valence-electron chi connectivity index (χ0n) is 9.89. The van der Waals surface area contributed by atoms with Crippen molar-refractivity contribution in [2.45, 2.75) is 19.8 Å². The molecular formula is C12H17FN4. The first-order valence-corrected chi connectivity index (χ1v) is 5.77. The van der Waals surface area contributed by atoms with Crippen molar-refractivity contribution >= 4 is 11.5 Å². The highest BCUT2D eigenvalue weighted by molar-refractivity contribution is 5.97. The molecule has 1 aliphatic rings. The molecule has 0 unspecified atom stereocenters. The number of nitrogens with zero attached hydrogens (tertiary/aromatic N) is 1. The van der Waals surface area contributed by atoms with Crippen molar-refractivity contribution in [3.8, 4) is 0 Å².